The van der Waals surface area contributed by atoms with Crippen molar-refractivity contribution in [2.24, 2.45) is 0 Å². The van der Waals surface area contributed by atoms with Crippen molar-refractivity contribution < 1.29 is 27.0 Å². The van der Waals surface area contributed by atoms with Gasteiger partial charge in [0.2, 0.25) is 20.0 Å². The number of benzene rings is 1. The molecule has 0 unspecified atom stereocenters. The Hall–Kier alpha value is -1.04. The Kier molecular flexibility index (Phi) is 5.76. The monoisotopic (exact) mass is 364 g/mol. The fraction of sp³-hybridized carbons (Fsp3) is 0.538. The molecule has 0 atom stereocenters. The van der Waals surface area contributed by atoms with Crippen LogP contribution < -0.4 is 4.72 Å². The van der Waals surface area contributed by atoms with Crippen LogP contribution in [0.15, 0.2) is 34.1 Å². The van der Waals surface area contributed by atoms with Gasteiger partial charge in [-0.15, -0.1) is 0 Å². The summed E-state index contributed by atoms with van der Waals surface area (Å²) in [5, 5.41) is 17.9. The van der Waals surface area contributed by atoms with Crippen LogP contribution in [-0.4, -0.2) is 63.7 Å². The summed E-state index contributed by atoms with van der Waals surface area (Å²) in [6, 6.07) is 4.96. The molecule has 0 spiro atoms. The average molecular weight is 364 g/mol. The number of hydrogen-bond donors (Lipinski definition) is 3. The van der Waals surface area contributed by atoms with E-state index in [0.717, 1.165) is 23.2 Å². The van der Waals surface area contributed by atoms with Crippen LogP contribution in [0.1, 0.15) is 12.8 Å². The molecule has 1 fully saturated rings. The van der Waals surface area contributed by atoms with Gasteiger partial charge in [-0.1, -0.05) is 6.07 Å². The van der Waals surface area contributed by atoms with Gasteiger partial charge in [-0.2, -0.15) is 4.31 Å². The van der Waals surface area contributed by atoms with Gasteiger partial charge in [0, 0.05) is 19.1 Å². The van der Waals surface area contributed by atoms with E-state index in [1.165, 1.54) is 18.2 Å². The summed E-state index contributed by atoms with van der Waals surface area (Å²) in [6.07, 6.45) is 1.55. The molecule has 0 aromatic heterocycles. The fourth-order valence-electron chi connectivity index (χ4n) is 2.01. The van der Waals surface area contributed by atoms with Crippen molar-refractivity contribution >= 4 is 20.0 Å². The maximum atomic E-state index is 12.5. The first-order valence-corrected chi connectivity index (χ1v) is 10.1. The van der Waals surface area contributed by atoms with Gasteiger partial charge in [0.25, 0.3) is 0 Å². The lowest BCUT2D eigenvalue weighted by molar-refractivity contribution is 0.217. The van der Waals surface area contributed by atoms with Crippen molar-refractivity contribution in [3.63, 3.8) is 0 Å². The quantitative estimate of drug-likeness (QED) is 0.522. The van der Waals surface area contributed by atoms with Crippen LogP contribution in [-0.2, 0) is 20.0 Å². The normalized spacial score (nSPS) is 16.0. The highest BCUT2D eigenvalue weighted by atomic mass is 32.2. The van der Waals surface area contributed by atoms with E-state index in [2.05, 4.69) is 4.72 Å². The molecule has 0 saturated heterocycles. The Labute approximate surface area is 135 Å². The highest BCUT2D eigenvalue weighted by Crippen LogP contribution is 2.24. The van der Waals surface area contributed by atoms with Crippen LogP contribution >= 0.6 is 0 Å². The van der Waals surface area contributed by atoms with Crippen LogP contribution in [0, 0.1) is 0 Å². The molecule has 1 aromatic carbocycles. The Morgan fingerprint density at radius 2 is 1.61 bits per heavy atom. The number of rotatable bonds is 9. The number of nitrogens with one attached hydrogen (secondary N) is 1. The van der Waals surface area contributed by atoms with E-state index in [9.17, 15) is 16.8 Å². The Morgan fingerprint density at radius 3 is 2.13 bits per heavy atom. The lowest BCUT2D eigenvalue weighted by atomic mass is 10.4. The predicted molar refractivity (Wildman–Crippen MR) is 82.7 cm³/mol. The standard InChI is InChI=1S/C13H20N2O6S2/c16-8-6-15(7-9-17)23(20,21)13-3-1-2-12(10-13)22(18,19)14-11-4-5-11/h1-3,10-11,14,16-17H,4-9H2. The van der Waals surface area contributed by atoms with Crippen LogP contribution in [0.5, 0.6) is 0 Å². The number of hydrogen-bond acceptors (Lipinski definition) is 6. The van der Waals surface area contributed by atoms with Gasteiger partial charge >= 0.3 is 0 Å². The molecular formula is C13H20N2O6S2. The Balaban J connectivity index is 2.33. The molecule has 130 valence electrons. The van der Waals surface area contributed by atoms with E-state index in [-0.39, 0.29) is 28.9 Å². The number of aliphatic hydroxyl groups excluding tert-OH is 2. The van der Waals surface area contributed by atoms with Crippen molar-refractivity contribution in [1.82, 2.24) is 9.03 Å². The molecule has 0 radical (unpaired) electrons. The third-order valence-corrected chi connectivity index (χ3v) is 6.76. The topological polar surface area (TPSA) is 124 Å². The van der Waals surface area contributed by atoms with Gasteiger partial charge in [-0.05, 0) is 31.0 Å². The minimum atomic E-state index is -4.00. The summed E-state index contributed by atoms with van der Waals surface area (Å²) in [4.78, 5) is -0.323. The van der Waals surface area contributed by atoms with E-state index in [1.807, 2.05) is 0 Å². The molecule has 8 nitrogen and oxygen atoms in total. The third-order valence-electron chi connectivity index (χ3n) is 3.35. The van der Waals surface area contributed by atoms with Crippen LogP contribution in [0.2, 0.25) is 0 Å². The average Bonchev–Trinajstić information content (AvgIpc) is 3.30. The zero-order valence-electron chi connectivity index (χ0n) is 12.4. The Bertz CT molecular complexity index is 737. The molecule has 2 rings (SSSR count). The maximum absolute atomic E-state index is 12.5. The smallest absolute Gasteiger partial charge is 0.243 e. The summed E-state index contributed by atoms with van der Waals surface area (Å²) in [5.74, 6) is 0. The summed E-state index contributed by atoms with van der Waals surface area (Å²) in [6.45, 7) is -1.17. The zero-order chi connectivity index (χ0) is 17.1. The minimum Gasteiger partial charge on any atom is -0.395 e. The van der Waals surface area contributed by atoms with Crippen molar-refractivity contribution in [2.45, 2.75) is 28.7 Å². The summed E-state index contributed by atoms with van der Waals surface area (Å²) in [7, 11) is -7.76. The first-order chi connectivity index (χ1) is 10.8. The van der Waals surface area contributed by atoms with Crippen LogP contribution in [0.4, 0.5) is 0 Å². The highest BCUT2D eigenvalue weighted by molar-refractivity contribution is 7.90. The molecule has 0 bridgehead atoms. The summed E-state index contributed by atoms with van der Waals surface area (Å²) < 4.78 is 52.8. The SMILES string of the molecule is O=S(=O)(NC1CC1)c1cccc(S(=O)(=O)N(CCO)CCO)c1. The molecule has 1 aliphatic carbocycles. The van der Waals surface area contributed by atoms with Gasteiger partial charge in [-0.25, -0.2) is 21.6 Å². The largest absolute Gasteiger partial charge is 0.395 e. The van der Waals surface area contributed by atoms with Crippen molar-refractivity contribution in [1.29, 1.82) is 0 Å². The van der Waals surface area contributed by atoms with Gasteiger partial charge in [-0.3, -0.25) is 0 Å². The molecule has 3 N–H and O–H groups in total. The van der Waals surface area contributed by atoms with E-state index >= 15 is 0 Å². The summed E-state index contributed by atoms with van der Waals surface area (Å²) in [5.41, 5.74) is 0. The van der Waals surface area contributed by atoms with Gasteiger partial charge < -0.3 is 10.2 Å². The summed E-state index contributed by atoms with van der Waals surface area (Å²) >= 11 is 0. The van der Waals surface area contributed by atoms with Crippen molar-refractivity contribution in [3.8, 4) is 0 Å². The second-order valence-electron chi connectivity index (χ2n) is 5.22. The van der Waals surface area contributed by atoms with Crippen molar-refractivity contribution in [3.05, 3.63) is 24.3 Å². The Morgan fingerprint density at radius 1 is 1.04 bits per heavy atom. The number of aliphatic hydroxyl groups is 2. The lowest BCUT2D eigenvalue weighted by Crippen LogP contribution is -2.36. The second-order valence-corrected chi connectivity index (χ2v) is 8.87. The first-order valence-electron chi connectivity index (χ1n) is 7.15. The van der Waals surface area contributed by atoms with Crippen LogP contribution in [0.3, 0.4) is 0 Å². The van der Waals surface area contributed by atoms with E-state index in [4.69, 9.17) is 10.2 Å². The predicted octanol–water partition coefficient (Wildman–Crippen LogP) is -0.897. The van der Waals surface area contributed by atoms with E-state index in [0.29, 0.717) is 0 Å². The fourth-order valence-corrected chi connectivity index (χ4v) is 4.91. The molecule has 0 amide bonds. The molecule has 10 heteroatoms. The van der Waals surface area contributed by atoms with Crippen LogP contribution in [0.25, 0.3) is 0 Å². The molecule has 1 aromatic rings. The maximum Gasteiger partial charge on any atom is 0.243 e. The molecule has 1 aliphatic rings. The lowest BCUT2D eigenvalue weighted by Gasteiger charge is -2.20. The number of nitrogens with zero attached hydrogens (tertiary/aromatic N) is 1. The third kappa shape index (κ3) is 4.49. The number of sulfonamides is 2. The van der Waals surface area contributed by atoms with E-state index < -0.39 is 33.3 Å². The zero-order valence-corrected chi connectivity index (χ0v) is 14.1. The van der Waals surface area contributed by atoms with Crippen molar-refractivity contribution in [2.75, 3.05) is 26.3 Å². The molecule has 0 aliphatic heterocycles. The second kappa shape index (κ2) is 7.24. The van der Waals surface area contributed by atoms with Gasteiger partial charge in [0.15, 0.2) is 0 Å². The molecule has 1 saturated carbocycles. The molecule has 23 heavy (non-hydrogen) atoms. The van der Waals surface area contributed by atoms with E-state index in [1.54, 1.807) is 0 Å². The molecule has 0 heterocycles. The molecular weight excluding hydrogens is 344 g/mol. The first kappa shape index (κ1) is 18.3. The van der Waals surface area contributed by atoms with Gasteiger partial charge in [0.1, 0.15) is 0 Å². The highest BCUT2D eigenvalue weighted by Gasteiger charge is 2.29. The minimum absolute atomic E-state index is 0.0828. The van der Waals surface area contributed by atoms with Gasteiger partial charge in [0.05, 0.1) is 23.0 Å².